The quantitative estimate of drug-likeness (QED) is 0.739. The Morgan fingerprint density at radius 2 is 1.85 bits per heavy atom. The normalized spacial score (nSPS) is 29.8. The number of hydrogen-bond donors (Lipinski definition) is 0. The van der Waals surface area contributed by atoms with Crippen LogP contribution in [0.15, 0.2) is 18.2 Å². The van der Waals surface area contributed by atoms with Crippen molar-refractivity contribution in [1.29, 1.82) is 0 Å². The summed E-state index contributed by atoms with van der Waals surface area (Å²) in [6.07, 6.45) is 2.51. The first-order valence-corrected chi connectivity index (χ1v) is 7.13. The fourth-order valence-electron chi connectivity index (χ4n) is 3.45. The predicted molar refractivity (Wildman–Crippen MR) is 73.6 cm³/mol. The monoisotopic (exact) mass is 275 g/mol. The van der Waals surface area contributed by atoms with Crippen molar-refractivity contribution in [3.8, 4) is 0 Å². The zero-order valence-electron chi connectivity index (χ0n) is 11.7. The minimum atomic E-state index is -0.422. The van der Waals surface area contributed by atoms with E-state index in [1.165, 1.54) is 17.0 Å². The van der Waals surface area contributed by atoms with E-state index >= 15 is 0 Å². The smallest absolute Gasteiger partial charge is 0.237 e. The predicted octanol–water partition coefficient (Wildman–Crippen LogP) is 3.06. The van der Waals surface area contributed by atoms with Crippen LogP contribution in [0.1, 0.15) is 31.7 Å². The molecule has 3 nitrogen and oxygen atoms in total. The summed E-state index contributed by atoms with van der Waals surface area (Å²) in [5.41, 5.74) is 1.15. The molecule has 2 aliphatic rings. The van der Waals surface area contributed by atoms with E-state index in [1.54, 1.807) is 13.0 Å². The molecule has 106 valence electrons. The Morgan fingerprint density at radius 3 is 2.60 bits per heavy atom. The molecule has 1 aromatic rings. The molecular formula is C16H18FNO2. The Hall–Kier alpha value is -1.71. The van der Waals surface area contributed by atoms with Crippen molar-refractivity contribution in [2.75, 3.05) is 4.90 Å². The fourth-order valence-corrected chi connectivity index (χ4v) is 3.45. The number of amides is 2. The molecule has 0 bridgehead atoms. The molecule has 1 aliphatic carbocycles. The number of rotatable bonds is 1. The van der Waals surface area contributed by atoms with Crippen LogP contribution >= 0.6 is 0 Å². The minimum absolute atomic E-state index is 0.152. The molecule has 0 aromatic heterocycles. The number of anilines is 1. The van der Waals surface area contributed by atoms with Gasteiger partial charge in [-0.1, -0.05) is 13.0 Å². The lowest BCUT2D eigenvalue weighted by Crippen LogP contribution is -2.31. The first kappa shape index (κ1) is 13.3. The molecule has 1 aromatic carbocycles. The number of nitrogens with zero attached hydrogens (tertiary/aromatic N) is 1. The van der Waals surface area contributed by atoms with Gasteiger partial charge < -0.3 is 0 Å². The summed E-state index contributed by atoms with van der Waals surface area (Å²) in [5, 5.41) is 0. The molecular weight excluding hydrogens is 257 g/mol. The van der Waals surface area contributed by atoms with Crippen LogP contribution < -0.4 is 4.90 Å². The zero-order valence-corrected chi connectivity index (χ0v) is 11.7. The highest BCUT2D eigenvalue weighted by Gasteiger charge is 2.50. The number of halogens is 1. The molecule has 20 heavy (non-hydrogen) atoms. The third-order valence-corrected chi connectivity index (χ3v) is 4.60. The van der Waals surface area contributed by atoms with Gasteiger partial charge in [-0.25, -0.2) is 9.29 Å². The van der Waals surface area contributed by atoms with Gasteiger partial charge in [0.15, 0.2) is 0 Å². The summed E-state index contributed by atoms with van der Waals surface area (Å²) < 4.78 is 13.4. The lowest BCUT2D eigenvalue weighted by Gasteiger charge is -2.25. The fraction of sp³-hybridized carbons (Fsp3) is 0.500. The van der Waals surface area contributed by atoms with Gasteiger partial charge in [0.1, 0.15) is 5.82 Å². The highest BCUT2D eigenvalue weighted by atomic mass is 19.1. The molecule has 3 atom stereocenters. The summed E-state index contributed by atoms with van der Waals surface area (Å²) in [5.74, 6) is -0.674. The van der Waals surface area contributed by atoms with Crippen molar-refractivity contribution in [2.45, 2.75) is 33.1 Å². The molecule has 1 saturated carbocycles. The molecule has 1 saturated heterocycles. The standard InChI is InChI=1S/C16H18FNO2/c1-9-3-6-12-13(7-9)16(20)18(15(12)19)14-8-11(17)5-4-10(14)2/h4-5,8-9,12-13H,3,6-7H2,1-2H3. The van der Waals surface area contributed by atoms with Gasteiger partial charge in [0.25, 0.3) is 0 Å². The average Bonchev–Trinajstić information content (AvgIpc) is 2.65. The Morgan fingerprint density at radius 1 is 1.15 bits per heavy atom. The molecule has 0 radical (unpaired) electrons. The Kier molecular flexibility index (Phi) is 3.11. The van der Waals surface area contributed by atoms with Gasteiger partial charge in [0, 0.05) is 0 Å². The summed E-state index contributed by atoms with van der Waals surface area (Å²) >= 11 is 0. The molecule has 0 N–H and O–H groups in total. The van der Waals surface area contributed by atoms with Gasteiger partial charge in [-0.2, -0.15) is 0 Å². The maximum absolute atomic E-state index is 13.4. The van der Waals surface area contributed by atoms with Crippen molar-refractivity contribution in [1.82, 2.24) is 0 Å². The van der Waals surface area contributed by atoms with Crippen LogP contribution in [-0.2, 0) is 9.59 Å². The second kappa shape index (κ2) is 4.69. The second-order valence-corrected chi connectivity index (χ2v) is 6.07. The molecule has 3 unspecified atom stereocenters. The van der Waals surface area contributed by atoms with Crippen LogP contribution in [-0.4, -0.2) is 11.8 Å². The second-order valence-electron chi connectivity index (χ2n) is 6.07. The number of carbonyl (C=O) groups excluding carboxylic acids is 2. The van der Waals surface area contributed by atoms with Crippen LogP contribution in [0.5, 0.6) is 0 Å². The van der Waals surface area contributed by atoms with Gasteiger partial charge in [-0.3, -0.25) is 9.59 Å². The Bertz CT molecular complexity index is 584. The van der Waals surface area contributed by atoms with Crippen molar-refractivity contribution >= 4 is 17.5 Å². The van der Waals surface area contributed by atoms with Gasteiger partial charge in [-0.05, 0) is 49.8 Å². The van der Waals surface area contributed by atoms with E-state index in [-0.39, 0.29) is 23.7 Å². The van der Waals surface area contributed by atoms with Crippen molar-refractivity contribution in [2.24, 2.45) is 17.8 Å². The van der Waals surface area contributed by atoms with Crippen LogP contribution in [0.25, 0.3) is 0 Å². The van der Waals surface area contributed by atoms with E-state index in [0.717, 1.165) is 24.8 Å². The van der Waals surface area contributed by atoms with E-state index in [9.17, 15) is 14.0 Å². The first-order valence-electron chi connectivity index (χ1n) is 7.13. The highest BCUT2D eigenvalue weighted by Crippen LogP contribution is 2.42. The number of aryl methyl sites for hydroxylation is 1. The highest BCUT2D eigenvalue weighted by molar-refractivity contribution is 6.22. The SMILES string of the molecule is Cc1ccc(F)cc1N1C(=O)C2CCC(C)CC2C1=O. The molecule has 1 heterocycles. The molecule has 4 heteroatoms. The molecule has 3 rings (SSSR count). The molecule has 0 spiro atoms. The zero-order chi connectivity index (χ0) is 14.4. The lowest BCUT2D eigenvalue weighted by molar-refractivity contribution is -0.122. The number of hydrogen-bond acceptors (Lipinski definition) is 2. The topological polar surface area (TPSA) is 37.4 Å². The first-order chi connectivity index (χ1) is 9.49. The van der Waals surface area contributed by atoms with Crippen LogP contribution in [0.3, 0.4) is 0 Å². The van der Waals surface area contributed by atoms with Gasteiger partial charge in [0.2, 0.25) is 11.8 Å². The third kappa shape index (κ3) is 1.94. The van der Waals surface area contributed by atoms with Gasteiger partial charge in [-0.15, -0.1) is 0 Å². The Balaban J connectivity index is 2.00. The number of fused-ring (bicyclic) bond motifs is 1. The number of carbonyl (C=O) groups is 2. The minimum Gasteiger partial charge on any atom is -0.274 e. The van der Waals surface area contributed by atoms with E-state index < -0.39 is 5.82 Å². The maximum atomic E-state index is 13.4. The van der Waals surface area contributed by atoms with Crippen LogP contribution in [0.4, 0.5) is 10.1 Å². The van der Waals surface area contributed by atoms with Crippen molar-refractivity contribution in [3.63, 3.8) is 0 Å². The molecule has 2 amide bonds. The molecule has 1 aliphatic heterocycles. The van der Waals surface area contributed by atoms with Gasteiger partial charge >= 0.3 is 0 Å². The Labute approximate surface area is 117 Å². The van der Waals surface area contributed by atoms with E-state index in [4.69, 9.17) is 0 Å². The summed E-state index contributed by atoms with van der Waals surface area (Å²) in [6, 6.07) is 4.24. The van der Waals surface area contributed by atoms with Crippen LogP contribution in [0, 0.1) is 30.5 Å². The average molecular weight is 275 g/mol. The lowest BCUT2D eigenvalue weighted by atomic mass is 9.76. The number of imide groups is 1. The third-order valence-electron chi connectivity index (χ3n) is 4.60. The van der Waals surface area contributed by atoms with Gasteiger partial charge in [0.05, 0.1) is 17.5 Å². The van der Waals surface area contributed by atoms with Crippen molar-refractivity contribution < 1.29 is 14.0 Å². The van der Waals surface area contributed by atoms with E-state index in [0.29, 0.717) is 11.6 Å². The summed E-state index contributed by atoms with van der Waals surface area (Å²) in [7, 11) is 0. The number of benzene rings is 1. The summed E-state index contributed by atoms with van der Waals surface area (Å²) in [6.45, 7) is 3.91. The van der Waals surface area contributed by atoms with Crippen molar-refractivity contribution in [3.05, 3.63) is 29.6 Å². The maximum Gasteiger partial charge on any atom is 0.237 e. The van der Waals surface area contributed by atoms with E-state index in [2.05, 4.69) is 6.92 Å². The largest absolute Gasteiger partial charge is 0.274 e. The van der Waals surface area contributed by atoms with Crippen LogP contribution in [0.2, 0.25) is 0 Å². The summed E-state index contributed by atoms with van der Waals surface area (Å²) in [4.78, 5) is 26.3. The van der Waals surface area contributed by atoms with E-state index in [1.807, 2.05) is 0 Å². The molecule has 2 fully saturated rings.